The van der Waals surface area contributed by atoms with Crippen LogP contribution in [-0.4, -0.2) is 41.6 Å². The predicted molar refractivity (Wildman–Crippen MR) is 124 cm³/mol. The number of aromatic nitrogens is 2. The van der Waals surface area contributed by atoms with Gasteiger partial charge < -0.3 is 16.0 Å². The van der Waals surface area contributed by atoms with Crippen LogP contribution in [0.5, 0.6) is 0 Å². The fourth-order valence-electron chi connectivity index (χ4n) is 3.38. The first-order valence-electron chi connectivity index (χ1n) is 9.35. The maximum Gasteiger partial charge on any atom is 0.236 e. The first kappa shape index (κ1) is 20.6. The summed E-state index contributed by atoms with van der Waals surface area (Å²) in [5.41, 5.74) is 6.75. The van der Waals surface area contributed by atoms with Gasteiger partial charge in [0.1, 0.15) is 22.5 Å². The topological polar surface area (TPSA) is 84.1 Å². The summed E-state index contributed by atoms with van der Waals surface area (Å²) in [5, 5.41) is 4.28. The van der Waals surface area contributed by atoms with Gasteiger partial charge in [-0.25, -0.2) is 9.97 Å². The summed E-state index contributed by atoms with van der Waals surface area (Å²) >= 11 is 6.89. The van der Waals surface area contributed by atoms with Crippen molar-refractivity contribution in [2.75, 3.05) is 24.5 Å². The molecule has 3 N–H and O–H groups in total. The predicted octanol–water partition coefficient (Wildman–Crippen LogP) is 3.63. The zero-order valence-electron chi connectivity index (χ0n) is 16.2. The molecule has 0 radical (unpaired) electrons. The lowest BCUT2D eigenvalue weighted by Gasteiger charge is -2.33. The zero-order chi connectivity index (χ0) is 20.5. The SMILES string of the molecule is Cc1sc2nc(CSc3ccc(Br)cc3)nc(N3CCN[C@H](C(N)=O)C3)c2c1C. The zero-order valence-corrected chi connectivity index (χ0v) is 19.5. The summed E-state index contributed by atoms with van der Waals surface area (Å²) in [6.45, 7) is 6.24. The normalized spacial score (nSPS) is 17.1. The molecule has 1 saturated heterocycles. The van der Waals surface area contributed by atoms with E-state index in [1.54, 1.807) is 23.1 Å². The molecule has 6 nitrogen and oxygen atoms in total. The highest BCUT2D eigenvalue weighted by atomic mass is 79.9. The van der Waals surface area contributed by atoms with E-state index in [4.69, 9.17) is 15.7 Å². The van der Waals surface area contributed by atoms with Gasteiger partial charge >= 0.3 is 0 Å². The van der Waals surface area contributed by atoms with E-state index >= 15 is 0 Å². The molecule has 3 heterocycles. The molecule has 1 amide bonds. The summed E-state index contributed by atoms with van der Waals surface area (Å²) in [6.07, 6.45) is 0. The van der Waals surface area contributed by atoms with Crippen LogP contribution in [0.4, 0.5) is 5.82 Å². The largest absolute Gasteiger partial charge is 0.368 e. The molecule has 29 heavy (non-hydrogen) atoms. The van der Waals surface area contributed by atoms with Crippen molar-refractivity contribution >= 4 is 61.0 Å². The monoisotopic (exact) mass is 491 g/mol. The van der Waals surface area contributed by atoms with Crippen molar-refractivity contribution in [1.82, 2.24) is 15.3 Å². The van der Waals surface area contributed by atoms with Crippen molar-refractivity contribution in [3.8, 4) is 0 Å². The molecule has 0 unspecified atom stereocenters. The molecule has 1 atom stereocenters. The molecular formula is C20H22BrN5OS2. The van der Waals surface area contributed by atoms with Crippen molar-refractivity contribution in [2.24, 2.45) is 5.73 Å². The molecule has 9 heteroatoms. The van der Waals surface area contributed by atoms with E-state index in [2.05, 4.69) is 52.1 Å². The Kier molecular flexibility index (Phi) is 6.10. The van der Waals surface area contributed by atoms with Crippen molar-refractivity contribution in [2.45, 2.75) is 30.5 Å². The van der Waals surface area contributed by atoms with Crippen LogP contribution in [0.2, 0.25) is 0 Å². The molecule has 2 aromatic heterocycles. The summed E-state index contributed by atoms with van der Waals surface area (Å²) < 4.78 is 1.06. The molecule has 0 bridgehead atoms. The third-order valence-corrected chi connectivity index (χ3v) is 7.69. The van der Waals surface area contributed by atoms with Crippen LogP contribution in [0.15, 0.2) is 33.6 Å². The first-order chi connectivity index (χ1) is 13.9. The number of benzene rings is 1. The highest BCUT2D eigenvalue weighted by Crippen LogP contribution is 2.36. The number of nitrogens with two attached hydrogens (primary N) is 1. The fraction of sp³-hybridized carbons (Fsp3) is 0.350. The second-order valence-electron chi connectivity index (χ2n) is 7.02. The van der Waals surface area contributed by atoms with Crippen LogP contribution in [0.25, 0.3) is 10.2 Å². The number of thioether (sulfide) groups is 1. The Morgan fingerprint density at radius 1 is 1.34 bits per heavy atom. The number of halogens is 1. The molecule has 1 aliphatic heterocycles. The van der Waals surface area contributed by atoms with E-state index in [1.807, 2.05) is 12.1 Å². The smallest absolute Gasteiger partial charge is 0.236 e. The number of nitrogens with one attached hydrogen (secondary N) is 1. The Bertz CT molecular complexity index is 1050. The second-order valence-corrected chi connectivity index (χ2v) is 10.2. The van der Waals surface area contributed by atoms with Gasteiger partial charge in [-0.15, -0.1) is 23.1 Å². The number of fused-ring (bicyclic) bond motifs is 1. The van der Waals surface area contributed by atoms with Crippen LogP contribution in [0.3, 0.4) is 0 Å². The molecule has 1 fully saturated rings. The number of carbonyl (C=O) groups excluding carboxylic acids is 1. The lowest BCUT2D eigenvalue weighted by Crippen LogP contribution is -2.56. The van der Waals surface area contributed by atoms with Crippen LogP contribution < -0.4 is 16.0 Å². The van der Waals surface area contributed by atoms with Crippen LogP contribution in [0.1, 0.15) is 16.3 Å². The van der Waals surface area contributed by atoms with E-state index in [0.29, 0.717) is 18.8 Å². The van der Waals surface area contributed by atoms with Gasteiger partial charge in [0.25, 0.3) is 0 Å². The molecule has 0 spiro atoms. The van der Waals surface area contributed by atoms with Gasteiger partial charge in [0.05, 0.1) is 11.1 Å². The fourth-order valence-corrected chi connectivity index (χ4v) is 5.44. The molecule has 0 saturated carbocycles. The van der Waals surface area contributed by atoms with Gasteiger partial charge in [-0.1, -0.05) is 15.9 Å². The Balaban J connectivity index is 1.68. The minimum atomic E-state index is -0.366. The molecular weight excluding hydrogens is 470 g/mol. The van der Waals surface area contributed by atoms with Gasteiger partial charge in [-0.2, -0.15) is 0 Å². The maximum atomic E-state index is 11.7. The number of primary amides is 1. The number of piperazine rings is 1. The Morgan fingerprint density at radius 2 is 2.10 bits per heavy atom. The van der Waals surface area contributed by atoms with E-state index < -0.39 is 0 Å². The molecule has 0 aliphatic carbocycles. The van der Waals surface area contributed by atoms with Gasteiger partial charge in [0.2, 0.25) is 5.91 Å². The number of thiophene rings is 1. The van der Waals surface area contributed by atoms with Gasteiger partial charge in [-0.3, -0.25) is 4.79 Å². The third kappa shape index (κ3) is 4.42. The highest BCUT2D eigenvalue weighted by Gasteiger charge is 2.27. The number of aryl methyl sites for hydroxylation is 2. The van der Waals surface area contributed by atoms with Crippen molar-refractivity contribution in [1.29, 1.82) is 0 Å². The van der Waals surface area contributed by atoms with E-state index in [0.717, 1.165) is 32.9 Å². The number of amides is 1. The number of anilines is 1. The van der Waals surface area contributed by atoms with Gasteiger partial charge in [0, 0.05) is 33.9 Å². The molecule has 4 rings (SSSR count). The van der Waals surface area contributed by atoms with Crippen LogP contribution >= 0.6 is 39.0 Å². The number of rotatable bonds is 5. The molecule has 1 aliphatic rings. The summed E-state index contributed by atoms with van der Waals surface area (Å²) in [5.74, 6) is 2.07. The average Bonchev–Trinajstić information content (AvgIpc) is 3.00. The van der Waals surface area contributed by atoms with Crippen molar-refractivity contribution in [3.05, 3.63) is 45.0 Å². The Hall–Kier alpha value is -1.68. The first-order valence-corrected chi connectivity index (χ1v) is 11.9. The minimum absolute atomic E-state index is 0.329. The van der Waals surface area contributed by atoms with Gasteiger partial charge in [-0.05, 0) is 43.7 Å². The van der Waals surface area contributed by atoms with Crippen LogP contribution in [0, 0.1) is 13.8 Å². The summed E-state index contributed by atoms with van der Waals surface area (Å²) in [7, 11) is 0. The third-order valence-electron chi connectivity index (χ3n) is 5.06. The maximum absolute atomic E-state index is 11.7. The van der Waals surface area contributed by atoms with E-state index in [9.17, 15) is 4.79 Å². The number of hydrogen-bond donors (Lipinski definition) is 2. The minimum Gasteiger partial charge on any atom is -0.368 e. The highest BCUT2D eigenvalue weighted by molar-refractivity contribution is 9.10. The average molecular weight is 492 g/mol. The molecule has 3 aromatic rings. The van der Waals surface area contributed by atoms with E-state index in [-0.39, 0.29) is 11.9 Å². The molecule has 1 aromatic carbocycles. The Labute approximate surface area is 186 Å². The lowest BCUT2D eigenvalue weighted by molar-refractivity contribution is -0.120. The second kappa shape index (κ2) is 8.59. The lowest BCUT2D eigenvalue weighted by atomic mass is 10.1. The number of nitrogens with zero attached hydrogens (tertiary/aromatic N) is 3. The standard InChI is InChI=1S/C20H22BrN5OS2/c1-11-12(2)29-20-17(11)19(26-8-7-23-15(9-26)18(22)27)24-16(25-20)10-28-14-5-3-13(21)4-6-14/h3-6,15,23H,7-10H2,1-2H3,(H2,22,27)/t15-/m0/s1. The number of hydrogen-bond acceptors (Lipinski definition) is 7. The quantitative estimate of drug-likeness (QED) is 0.530. The molecule has 152 valence electrons. The summed E-state index contributed by atoms with van der Waals surface area (Å²) in [4.78, 5) is 27.1. The van der Waals surface area contributed by atoms with Crippen molar-refractivity contribution in [3.63, 3.8) is 0 Å². The van der Waals surface area contributed by atoms with Crippen LogP contribution in [-0.2, 0) is 10.5 Å². The number of carbonyl (C=O) groups is 1. The Morgan fingerprint density at radius 3 is 2.83 bits per heavy atom. The van der Waals surface area contributed by atoms with Gasteiger partial charge in [0.15, 0.2) is 0 Å². The van der Waals surface area contributed by atoms with Crippen molar-refractivity contribution < 1.29 is 4.79 Å². The summed E-state index contributed by atoms with van der Waals surface area (Å²) in [6, 6.07) is 7.88. The van der Waals surface area contributed by atoms with E-state index in [1.165, 1.54) is 15.3 Å².